The molecule has 0 saturated carbocycles. The third-order valence-corrected chi connectivity index (χ3v) is 8.62. The number of pyridine rings is 1. The zero-order valence-electron chi connectivity index (χ0n) is 18.6. The summed E-state index contributed by atoms with van der Waals surface area (Å²) in [5.74, 6) is -0.191. The summed E-state index contributed by atoms with van der Waals surface area (Å²) < 4.78 is 30.1. The van der Waals surface area contributed by atoms with E-state index in [-0.39, 0.29) is 28.2 Å². The van der Waals surface area contributed by atoms with Gasteiger partial charge in [-0.15, -0.1) is 0 Å². The highest BCUT2D eigenvalue weighted by Gasteiger charge is 2.40. The van der Waals surface area contributed by atoms with Crippen LogP contribution in [0.5, 0.6) is 0 Å². The standard InChI is InChI=1S/C25H24ClN3O4S/c1-16(30)27-21-6-2-18(3-7-21)23-10-11-24(31)29-14-17-12-19(25(23)29)15-28(13-17)34(32,33)22-8-4-20(26)5-9-22/h2-11,17,19H,12-15H2,1H3,(H,27,30)/t17-,19+/m0/s1. The van der Waals surface area contributed by atoms with Crippen molar-refractivity contribution in [1.82, 2.24) is 8.87 Å². The van der Waals surface area contributed by atoms with E-state index in [1.54, 1.807) is 22.5 Å². The van der Waals surface area contributed by atoms with Crippen LogP contribution in [0.3, 0.4) is 0 Å². The normalized spacial score (nSPS) is 19.9. The molecule has 1 fully saturated rings. The predicted octanol–water partition coefficient (Wildman–Crippen LogP) is 3.94. The first kappa shape index (κ1) is 22.8. The molecule has 176 valence electrons. The molecule has 1 amide bonds. The molecule has 3 heterocycles. The number of piperidine rings is 1. The van der Waals surface area contributed by atoms with Crippen LogP contribution >= 0.6 is 11.6 Å². The van der Waals surface area contributed by atoms with Crippen molar-refractivity contribution in [3.05, 3.63) is 81.7 Å². The number of carbonyl (C=O) groups is 1. The molecular weight excluding hydrogens is 474 g/mol. The van der Waals surface area contributed by atoms with Crippen LogP contribution in [0.4, 0.5) is 5.69 Å². The van der Waals surface area contributed by atoms with Crippen molar-refractivity contribution in [1.29, 1.82) is 0 Å². The SMILES string of the molecule is CC(=O)Nc1ccc(-c2ccc(=O)n3c2[C@@H]2C[C@@H](CN(S(=O)(=O)c4ccc(Cl)cc4)C2)C3)cc1. The van der Waals surface area contributed by atoms with Crippen LogP contribution in [0.15, 0.2) is 70.4 Å². The molecule has 2 atom stereocenters. The van der Waals surface area contributed by atoms with Crippen molar-refractivity contribution >= 4 is 33.2 Å². The van der Waals surface area contributed by atoms with Gasteiger partial charge < -0.3 is 9.88 Å². The maximum absolute atomic E-state index is 13.4. The first-order valence-electron chi connectivity index (χ1n) is 11.1. The van der Waals surface area contributed by atoms with Crippen molar-refractivity contribution in [2.75, 3.05) is 18.4 Å². The molecule has 0 radical (unpaired) electrons. The topological polar surface area (TPSA) is 88.5 Å². The average Bonchev–Trinajstić information content (AvgIpc) is 2.80. The molecule has 2 aliphatic heterocycles. The highest BCUT2D eigenvalue weighted by atomic mass is 35.5. The van der Waals surface area contributed by atoms with Gasteiger partial charge in [-0.1, -0.05) is 23.7 Å². The van der Waals surface area contributed by atoms with Gasteiger partial charge in [-0.2, -0.15) is 4.31 Å². The number of sulfonamides is 1. The molecular formula is C25H24ClN3O4S. The van der Waals surface area contributed by atoms with Crippen LogP contribution in [0.2, 0.25) is 5.02 Å². The minimum atomic E-state index is -3.68. The molecule has 0 aliphatic carbocycles. The van der Waals surface area contributed by atoms with Crippen molar-refractivity contribution in [3.8, 4) is 11.1 Å². The quantitative estimate of drug-likeness (QED) is 0.591. The van der Waals surface area contributed by atoms with E-state index in [0.717, 1.165) is 23.2 Å². The number of amides is 1. The van der Waals surface area contributed by atoms with Gasteiger partial charge in [0.15, 0.2) is 0 Å². The van der Waals surface area contributed by atoms with Crippen LogP contribution in [-0.2, 0) is 21.4 Å². The Morgan fingerprint density at radius 2 is 1.68 bits per heavy atom. The zero-order chi connectivity index (χ0) is 24.0. The first-order valence-corrected chi connectivity index (χ1v) is 12.9. The number of nitrogens with one attached hydrogen (secondary N) is 1. The third-order valence-electron chi connectivity index (χ3n) is 6.52. The molecule has 7 nitrogen and oxygen atoms in total. The zero-order valence-corrected chi connectivity index (χ0v) is 20.1. The number of hydrogen-bond acceptors (Lipinski definition) is 4. The number of aromatic nitrogens is 1. The lowest BCUT2D eigenvalue weighted by atomic mass is 9.81. The maximum Gasteiger partial charge on any atom is 0.250 e. The van der Waals surface area contributed by atoms with E-state index >= 15 is 0 Å². The monoisotopic (exact) mass is 497 g/mol. The Hall–Kier alpha value is -2.94. The fourth-order valence-electron chi connectivity index (χ4n) is 5.10. The Morgan fingerprint density at radius 1 is 0.971 bits per heavy atom. The van der Waals surface area contributed by atoms with Gasteiger partial charge in [0.25, 0.3) is 5.56 Å². The average molecular weight is 498 g/mol. The largest absolute Gasteiger partial charge is 0.326 e. The summed E-state index contributed by atoms with van der Waals surface area (Å²) in [6.45, 7) is 2.62. The van der Waals surface area contributed by atoms with E-state index in [1.165, 1.54) is 19.1 Å². The van der Waals surface area contributed by atoms with E-state index in [1.807, 2.05) is 34.9 Å². The molecule has 2 bridgehead atoms. The van der Waals surface area contributed by atoms with Crippen molar-refractivity contribution < 1.29 is 13.2 Å². The van der Waals surface area contributed by atoms with Crippen LogP contribution in [0.25, 0.3) is 11.1 Å². The summed E-state index contributed by atoms with van der Waals surface area (Å²) in [5.41, 5.74) is 3.30. The minimum Gasteiger partial charge on any atom is -0.326 e. The molecule has 3 aromatic rings. The van der Waals surface area contributed by atoms with Crippen LogP contribution in [0, 0.1) is 5.92 Å². The van der Waals surface area contributed by atoms with E-state index in [9.17, 15) is 18.0 Å². The summed E-state index contributed by atoms with van der Waals surface area (Å²) >= 11 is 5.95. The lowest BCUT2D eigenvalue weighted by Gasteiger charge is -2.42. The highest BCUT2D eigenvalue weighted by Crippen LogP contribution is 2.41. The molecule has 1 aromatic heterocycles. The van der Waals surface area contributed by atoms with Gasteiger partial charge in [-0.3, -0.25) is 9.59 Å². The first-order chi connectivity index (χ1) is 16.2. The number of anilines is 1. The lowest BCUT2D eigenvalue weighted by molar-refractivity contribution is -0.114. The molecule has 5 rings (SSSR count). The van der Waals surface area contributed by atoms with Crippen molar-refractivity contribution in [2.24, 2.45) is 5.92 Å². The van der Waals surface area contributed by atoms with Crippen LogP contribution < -0.4 is 10.9 Å². The number of benzene rings is 2. The van der Waals surface area contributed by atoms with E-state index < -0.39 is 10.0 Å². The number of fused-ring (bicyclic) bond motifs is 4. The second kappa shape index (κ2) is 8.69. The number of halogens is 1. The molecule has 2 aliphatic rings. The van der Waals surface area contributed by atoms with Gasteiger partial charge in [0, 0.05) is 60.5 Å². The number of hydrogen-bond donors (Lipinski definition) is 1. The van der Waals surface area contributed by atoms with Gasteiger partial charge in [-0.25, -0.2) is 8.42 Å². The van der Waals surface area contributed by atoms with Gasteiger partial charge in [-0.05, 0) is 60.4 Å². The molecule has 2 aromatic carbocycles. The maximum atomic E-state index is 13.4. The van der Waals surface area contributed by atoms with Gasteiger partial charge in [0.05, 0.1) is 4.90 Å². The summed E-state index contributed by atoms with van der Waals surface area (Å²) in [6.07, 6.45) is 0.826. The Bertz CT molecular complexity index is 1420. The van der Waals surface area contributed by atoms with Crippen molar-refractivity contribution in [2.45, 2.75) is 30.7 Å². The molecule has 0 unspecified atom stereocenters. The second-order valence-corrected chi connectivity index (χ2v) is 11.3. The fraction of sp³-hybridized carbons (Fsp3) is 0.280. The molecule has 34 heavy (non-hydrogen) atoms. The van der Waals surface area contributed by atoms with Crippen molar-refractivity contribution in [3.63, 3.8) is 0 Å². The van der Waals surface area contributed by atoms with E-state index in [2.05, 4.69) is 5.32 Å². The van der Waals surface area contributed by atoms with Gasteiger partial charge in [0.2, 0.25) is 15.9 Å². The molecule has 1 N–H and O–H groups in total. The Balaban J connectivity index is 1.52. The molecule has 9 heteroatoms. The van der Waals surface area contributed by atoms with Gasteiger partial charge >= 0.3 is 0 Å². The Kier molecular flexibility index (Phi) is 5.83. The smallest absolute Gasteiger partial charge is 0.250 e. The molecule has 0 spiro atoms. The molecule has 1 saturated heterocycles. The van der Waals surface area contributed by atoms with E-state index in [0.29, 0.717) is 30.3 Å². The minimum absolute atomic E-state index is 0.0587. The van der Waals surface area contributed by atoms with Crippen LogP contribution in [-0.4, -0.2) is 36.3 Å². The Labute approximate surface area is 203 Å². The lowest BCUT2D eigenvalue weighted by Crippen LogP contribution is -2.49. The summed E-state index contributed by atoms with van der Waals surface area (Å²) in [7, 11) is -3.68. The van der Waals surface area contributed by atoms with Crippen LogP contribution in [0.1, 0.15) is 25.0 Å². The summed E-state index contributed by atoms with van der Waals surface area (Å²) in [6, 6.07) is 17.1. The number of carbonyl (C=O) groups excluding carboxylic acids is 1. The third kappa shape index (κ3) is 4.17. The summed E-state index contributed by atoms with van der Waals surface area (Å²) in [4.78, 5) is 24.3. The van der Waals surface area contributed by atoms with Gasteiger partial charge in [0.1, 0.15) is 0 Å². The second-order valence-electron chi connectivity index (χ2n) is 8.91. The predicted molar refractivity (Wildman–Crippen MR) is 132 cm³/mol. The van der Waals surface area contributed by atoms with E-state index in [4.69, 9.17) is 11.6 Å². The Morgan fingerprint density at radius 3 is 2.35 bits per heavy atom. The highest BCUT2D eigenvalue weighted by molar-refractivity contribution is 7.89. The fourth-order valence-corrected chi connectivity index (χ4v) is 6.79. The number of nitrogens with zero attached hydrogens (tertiary/aromatic N) is 2. The number of rotatable bonds is 4. The summed E-state index contributed by atoms with van der Waals surface area (Å²) in [5, 5.41) is 3.24.